The number of Topliss-reactive ketones (excluding diaryl/α,β-unsaturated/α-hetero) is 1. The topological polar surface area (TPSA) is 129 Å². The second-order valence-corrected chi connectivity index (χ2v) is 11.9. The summed E-state index contributed by atoms with van der Waals surface area (Å²) in [7, 11) is 1.52. The third kappa shape index (κ3) is 6.18. The van der Waals surface area contributed by atoms with E-state index in [0.717, 1.165) is 22.3 Å². The number of nitrogens with zero attached hydrogens (tertiary/aromatic N) is 3. The van der Waals surface area contributed by atoms with Crippen LogP contribution in [0.3, 0.4) is 0 Å². The molecule has 0 amide bonds. The predicted molar refractivity (Wildman–Crippen MR) is 168 cm³/mol. The van der Waals surface area contributed by atoms with Crippen molar-refractivity contribution >= 4 is 27.3 Å². The standard InChI is InChI=1S/C33H25FN4O6S.K.H/c1-43-22-12-10-18(11-13-22)27(39)17-37-30(40)25-15-28(19-6-7-19)45-31(25)38(33(37)42)16-21-9-8-20(14-26(21)34)23-4-2-3-5-24(23)29-35-32(41)44-36-29;;/h2-5,8-15,19H,6-7,16-17H2,1H3,(H,35,36,41);;/q;+1;-1. The van der Waals surface area contributed by atoms with Gasteiger partial charge in [0.2, 0.25) is 0 Å². The number of ether oxygens (including phenoxy) is 1. The third-order valence-corrected chi connectivity index (χ3v) is 9.24. The van der Waals surface area contributed by atoms with Gasteiger partial charge in [-0.1, -0.05) is 41.6 Å². The molecular weight excluding hydrogens is 639 g/mol. The molecule has 13 heteroatoms. The van der Waals surface area contributed by atoms with Crippen molar-refractivity contribution in [1.29, 1.82) is 0 Å². The van der Waals surface area contributed by atoms with Crippen molar-refractivity contribution in [3.8, 4) is 28.3 Å². The Balaban J connectivity index is 0.00000217. The van der Waals surface area contributed by atoms with Gasteiger partial charge in [0.05, 0.1) is 25.6 Å². The molecule has 3 aromatic heterocycles. The molecule has 0 radical (unpaired) electrons. The number of carbonyl (C=O) groups is 1. The predicted octanol–water partition coefficient (Wildman–Crippen LogP) is 2.31. The van der Waals surface area contributed by atoms with Gasteiger partial charge in [-0.05, 0) is 66.3 Å². The van der Waals surface area contributed by atoms with Gasteiger partial charge in [-0.3, -0.25) is 28.2 Å². The second-order valence-electron chi connectivity index (χ2n) is 10.8. The molecule has 10 nitrogen and oxygen atoms in total. The number of aromatic nitrogens is 4. The molecular formula is C33H26FKN4O6S. The Hall–Kier alpha value is -3.72. The van der Waals surface area contributed by atoms with Crippen LogP contribution >= 0.6 is 11.3 Å². The van der Waals surface area contributed by atoms with Gasteiger partial charge in [0, 0.05) is 21.6 Å². The summed E-state index contributed by atoms with van der Waals surface area (Å²) in [5.74, 6) is -0.572. The zero-order valence-corrected chi connectivity index (χ0v) is 28.9. The maximum absolute atomic E-state index is 15.8. The maximum atomic E-state index is 15.8. The first kappa shape index (κ1) is 32.2. The van der Waals surface area contributed by atoms with Gasteiger partial charge < -0.3 is 6.16 Å². The Morgan fingerprint density at radius 3 is 2.43 bits per heavy atom. The first-order valence-electron chi connectivity index (χ1n) is 14.2. The molecule has 46 heavy (non-hydrogen) atoms. The van der Waals surface area contributed by atoms with Gasteiger partial charge in [0.25, 0.3) is 5.56 Å². The van der Waals surface area contributed by atoms with E-state index >= 15 is 4.39 Å². The number of nitrogens with one attached hydrogen (secondary N) is 1. The zero-order valence-electron chi connectivity index (χ0n) is 25.9. The number of benzene rings is 3. The minimum atomic E-state index is -0.705. The van der Waals surface area contributed by atoms with E-state index in [1.807, 2.05) is 0 Å². The van der Waals surface area contributed by atoms with Gasteiger partial charge in [0.1, 0.15) is 16.4 Å². The Bertz CT molecular complexity index is 2290. The molecule has 0 saturated heterocycles. The Morgan fingerprint density at radius 2 is 1.78 bits per heavy atom. The fraction of sp³-hybridized carbons (Fsp3) is 0.182. The summed E-state index contributed by atoms with van der Waals surface area (Å²) in [5.41, 5.74) is 1.00. The fourth-order valence-electron chi connectivity index (χ4n) is 5.38. The van der Waals surface area contributed by atoms with Crippen LogP contribution in [0, 0.1) is 5.82 Å². The first-order valence-corrected chi connectivity index (χ1v) is 15.0. The van der Waals surface area contributed by atoms with Crippen LogP contribution in [0.1, 0.15) is 41.0 Å². The molecule has 0 atom stereocenters. The zero-order chi connectivity index (χ0) is 31.2. The van der Waals surface area contributed by atoms with Crippen molar-refractivity contribution in [2.24, 2.45) is 0 Å². The molecule has 0 aliphatic heterocycles. The average molecular weight is 665 g/mol. The quantitative estimate of drug-likeness (QED) is 0.186. The van der Waals surface area contributed by atoms with Crippen LogP contribution in [0.2, 0.25) is 0 Å². The van der Waals surface area contributed by atoms with Crippen LogP contribution in [-0.2, 0) is 13.1 Å². The molecule has 1 saturated carbocycles. The number of fused-ring (bicyclic) bond motifs is 1. The fourth-order valence-corrected chi connectivity index (χ4v) is 6.69. The molecule has 7 rings (SSSR count). The summed E-state index contributed by atoms with van der Waals surface area (Å²) in [6.45, 7) is -0.613. The first-order chi connectivity index (χ1) is 21.8. The molecule has 6 aromatic rings. The van der Waals surface area contributed by atoms with Gasteiger partial charge in [-0.2, -0.15) is 0 Å². The summed E-state index contributed by atoms with van der Waals surface area (Å²) in [5, 5.41) is 4.09. The molecule has 0 spiro atoms. The second kappa shape index (κ2) is 13.2. The SMILES string of the molecule is COc1ccc(C(=O)Cn2c(=O)c3cc(C4CC4)sc3n(Cc3ccc(-c4ccccc4-c4noc(=O)[nH]4)cc3F)c2=O)cc1.[H-].[K+]. The molecule has 0 unspecified atom stereocenters. The Labute approximate surface area is 308 Å². The summed E-state index contributed by atoms with van der Waals surface area (Å²) in [6.07, 6.45) is 2.00. The molecule has 228 valence electrons. The third-order valence-electron chi connectivity index (χ3n) is 7.92. The summed E-state index contributed by atoms with van der Waals surface area (Å²) >= 11 is 1.36. The normalized spacial score (nSPS) is 12.7. The molecule has 0 bridgehead atoms. The monoisotopic (exact) mass is 664 g/mol. The number of hydrogen-bond donors (Lipinski definition) is 1. The van der Waals surface area contributed by atoms with Crippen LogP contribution in [0.4, 0.5) is 4.39 Å². The number of halogens is 1. The van der Waals surface area contributed by atoms with Gasteiger partial charge in [0.15, 0.2) is 11.6 Å². The summed E-state index contributed by atoms with van der Waals surface area (Å²) in [4.78, 5) is 56.1. The Kier molecular flexibility index (Phi) is 9.23. The van der Waals surface area contributed by atoms with Crippen molar-refractivity contribution in [3.63, 3.8) is 0 Å². The van der Waals surface area contributed by atoms with Crippen LogP contribution in [0.25, 0.3) is 32.7 Å². The van der Waals surface area contributed by atoms with Gasteiger partial charge in [-0.15, -0.1) is 11.3 Å². The van der Waals surface area contributed by atoms with E-state index in [9.17, 15) is 19.2 Å². The molecule has 1 aliphatic carbocycles. The number of ketones is 1. The molecule has 1 fully saturated rings. The summed E-state index contributed by atoms with van der Waals surface area (Å²) in [6, 6.07) is 19.9. The molecule has 1 aliphatic rings. The number of hydrogen-bond acceptors (Lipinski definition) is 8. The van der Waals surface area contributed by atoms with Crippen molar-refractivity contribution < 1.29 is 71.3 Å². The van der Waals surface area contributed by atoms with E-state index in [1.54, 1.807) is 66.7 Å². The van der Waals surface area contributed by atoms with Crippen LogP contribution in [-0.4, -0.2) is 32.2 Å². The average Bonchev–Trinajstić information content (AvgIpc) is 3.66. The van der Waals surface area contributed by atoms with E-state index in [2.05, 4.69) is 14.7 Å². The number of aromatic amines is 1. The minimum Gasteiger partial charge on any atom is -1.00 e. The maximum Gasteiger partial charge on any atom is 1.00 e. The van der Waals surface area contributed by atoms with E-state index in [4.69, 9.17) is 4.74 Å². The molecule has 3 heterocycles. The number of thiophene rings is 1. The number of carbonyl (C=O) groups excluding carboxylic acids is 1. The minimum absolute atomic E-state index is 0. The molecule has 1 N–H and O–H groups in total. The van der Waals surface area contributed by atoms with Crippen molar-refractivity contribution in [3.05, 3.63) is 126 Å². The van der Waals surface area contributed by atoms with Gasteiger partial charge in [-0.25, -0.2) is 14.0 Å². The van der Waals surface area contributed by atoms with Crippen LogP contribution in [0.15, 0.2) is 91.7 Å². The van der Waals surface area contributed by atoms with Crippen molar-refractivity contribution in [2.75, 3.05) is 7.11 Å². The number of rotatable bonds is 9. The van der Waals surface area contributed by atoms with Crippen molar-refractivity contribution in [2.45, 2.75) is 31.8 Å². The smallest absolute Gasteiger partial charge is 1.00 e. The van der Waals surface area contributed by atoms with E-state index in [-0.39, 0.29) is 70.7 Å². The summed E-state index contributed by atoms with van der Waals surface area (Å²) < 4.78 is 27.9. The largest absolute Gasteiger partial charge is 1.00 e. The van der Waals surface area contributed by atoms with Gasteiger partial charge >= 0.3 is 62.8 Å². The molecule has 3 aromatic carbocycles. The van der Waals surface area contributed by atoms with Crippen molar-refractivity contribution in [1.82, 2.24) is 19.3 Å². The number of H-pyrrole nitrogens is 1. The number of methoxy groups -OCH3 is 1. The van der Waals surface area contributed by atoms with E-state index in [0.29, 0.717) is 44.1 Å². The van der Waals surface area contributed by atoms with E-state index < -0.39 is 35.2 Å². The Morgan fingerprint density at radius 1 is 1.04 bits per heavy atom. The van der Waals surface area contributed by atoms with Crippen LogP contribution < -0.4 is 73.1 Å². The van der Waals surface area contributed by atoms with Crippen LogP contribution in [0.5, 0.6) is 5.75 Å². The van der Waals surface area contributed by atoms with E-state index in [1.165, 1.54) is 29.1 Å².